The normalized spacial score (nSPS) is 16.2. The molecular weight excluding hydrogens is 360 g/mol. The lowest BCUT2D eigenvalue weighted by atomic mass is 10.1. The van der Waals surface area contributed by atoms with Crippen molar-refractivity contribution in [3.8, 4) is 0 Å². The van der Waals surface area contributed by atoms with Crippen LogP contribution in [0.3, 0.4) is 0 Å². The maximum Gasteiger partial charge on any atom is 0.193 e. The number of hydrogen-bond acceptors (Lipinski definition) is 4. The minimum absolute atomic E-state index is 0.129. The molecule has 1 heterocycles. The van der Waals surface area contributed by atoms with Crippen molar-refractivity contribution in [2.45, 2.75) is 13.8 Å². The predicted molar refractivity (Wildman–Crippen MR) is 106 cm³/mol. The molecule has 1 N–H and O–H groups in total. The Hall–Kier alpha value is -1.47. The molecule has 0 aliphatic carbocycles. The second-order valence-corrected chi connectivity index (χ2v) is 9.02. The summed E-state index contributed by atoms with van der Waals surface area (Å²) in [6, 6.07) is 5.96. The molecule has 25 heavy (non-hydrogen) atoms. The zero-order valence-electron chi connectivity index (χ0n) is 15.1. The van der Waals surface area contributed by atoms with Gasteiger partial charge in [0.1, 0.15) is 0 Å². The average Bonchev–Trinajstić information content (AvgIpc) is 2.61. The fourth-order valence-corrected chi connectivity index (χ4v) is 3.75. The second-order valence-electron chi connectivity index (χ2n) is 6.12. The molecule has 1 aromatic rings. The molecule has 1 aliphatic rings. The van der Waals surface area contributed by atoms with Gasteiger partial charge in [0.05, 0.1) is 5.75 Å². The summed E-state index contributed by atoms with van der Waals surface area (Å²) >= 11 is 6.13. The van der Waals surface area contributed by atoms with E-state index in [4.69, 9.17) is 11.6 Å². The van der Waals surface area contributed by atoms with Crippen LogP contribution < -0.4 is 10.2 Å². The Morgan fingerprint density at radius 1 is 1.28 bits per heavy atom. The number of anilines is 1. The van der Waals surface area contributed by atoms with Gasteiger partial charge in [0, 0.05) is 56.2 Å². The number of hydrogen-bond donors (Lipinski definition) is 1. The number of nitrogens with zero attached hydrogens (tertiary/aromatic N) is 3. The number of piperazine rings is 1. The van der Waals surface area contributed by atoms with E-state index >= 15 is 0 Å². The lowest BCUT2D eigenvalue weighted by Gasteiger charge is -2.38. The van der Waals surface area contributed by atoms with Crippen molar-refractivity contribution in [2.24, 2.45) is 4.99 Å². The van der Waals surface area contributed by atoms with Crippen LogP contribution in [-0.4, -0.2) is 70.6 Å². The van der Waals surface area contributed by atoms with Gasteiger partial charge in [0.25, 0.3) is 0 Å². The first kappa shape index (κ1) is 19.8. The Morgan fingerprint density at radius 2 is 1.96 bits per heavy atom. The summed E-state index contributed by atoms with van der Waals surface area (Å²) in [5.74, 6) is 1.06. The first-order chi connectivity index (χ1) is 11.9. The van der Waals surface area contributed by atoms with Crippen LogP contribution in [-0.2, 0) is 9.84 Å². The molecule has 140 valence electrons. The fraction of sp³-hybridized carbons (Fsp3) is 0.588. The van der Waals surface area contributed by atoms with Gasteiger partial charge in [-0.05, 0) is 24.6 Å². The van der Waals surface area contributed by atoms with Crippen LogP contribution in [0.5, 0.6) is 0 Å². The molecule has 2 rings (SSSR count). The van der Waals surface area contributed by atoms with Gasteiger partial charge in [-0.1, -0.05) is 24.6 Å². The molecule has 0 saturated carbocycles. The molecule has 1 saturated heterocycles. The van der Waals surface area contributed by atoms with E-state index in [1.54, 1.807) is 14.0 Å². The smallest absolute Gasteiger partial charge is 0.193 e. The van der Waals surface area contributed by atoms with E-state index in [-0.39, 0.29) is 11.5 Å². The highest BCUT2D eigenvalue weighted by molar-refractivity contribution is 7.91. The Kier molecular flexibility index (Phi) is 6.95. The molecule has 0 amide bonds. The number of sulfone groups is 1. The lowest BCUT2D eigenvalue weighted by molar-refractivity contribution is 0.373. The van der Waals surface area contributed by atoms with E-state index in [0.717, 1.165) is 37.2 Å². The minimum atomic E-state index is -2.96. The van der Waals surface area contributed by atoms with Crippen molar-refractivity contribution < 1.29 is 8.42 Å². The molecule has 6 nitrogen and oxygen atoms in total. The van der Waals surface area contributed by atoms with Gasteiger partial charge in [-0.25, -0.2) is 8.42 Å². The zero-order chi connectivity index (χ0) is 18.4. The topological polar surface area (TPSA) is 65.0 Å². The molecule has 0 bridgehead atoms. The van der Waals surface area contributed by atoms with E-state index in [1.807, 2.05) is 18.2 Å². The Bertz CT molecular complexity index is 713. The number of nitrogens with one attached hydrogen (secondary N) is 1. The standard InChI is InChI=1S/C17H27ClN4O2S/c1-4-25(23,24)12-7-20-17(19-3)22-10-8-21(9-11-22)16-13-15(18)6-5-14(16)2/h5-6,13H,4,7-12H2,1-3H3,(H,19,20). The maximum atomic E-state index is 11.6. The van der Waals surface area contributed by atoms with Crippen LogP contribution in [0.1, 0.15) is 12.5 Å². The first-order valence-corrected chi connectivity index (χ1v) is 10.7. The first-order valence-electron chi connectivity index (χ1n) is 8.53. The molecule has 0 unspecified atom stereocenters. The summed E-state index contributed by atoms with van der Waals surface area (Å²) in [6.07, 6.45) is 0. The van der Waals surface area contributed by atoms with Gasteiger partial charge in [-0.2, -0.15) is 0 Å². The van der Waals surface area contributed by atoms with Gasteiger partial charge < -0.3 is 15.1 Å². The average molecular weight is 387 g/mol. The summed E-state index contributed by atoms with van der Waals surface area (Å²) < 4.78 is 23.2. The van der Waals surface area contributed by atoms with Crippen molar-refractivity contribution in [1.29, 1.82) is 0 Å². The van der Waals surface area contributed by atoms with Crippen LogP contribution in [0.2, 0.25) is 5.02 Å². The van der Waals surface area contributed by atoms with Crippen LogP contribution in [0, 0.1) is 6.92 Å². The number of benzene rings is 1. The number of rotatable bonds is 5. The highest BCUT2D eigenvalue weighted by Gasteiger charge is 2.21. The number of aryl methyl sites for hydroxylation is 1. The third-order valence-electron chi connectivity index (χ3n) is 4.44. The molecule has 8 heteroatoms. The summed E-state index contributed by atoms with van der Waals surface area (Å²) in [5, 5.41) is 3.91. The third kappa shape index (κ3) is 5.51. The van der Waals surface area contributed by atoms with Gasteiger partial charge >= 0.3 is 0 Å². The van der Waals surface area contributed by atoms with E-state index in [9.17, 15) is 8.42 Å². The van der Waals surface area contributed by atoms with Crippen molar-refractivity contribution >= 4 is 33.1 Å². The summed E-state index contributed by atoms with van der Waals surface area (Å²) in [5.41, 5.74) is 2.38. The second kappa shape index (κ2) is 8.76. The number of aliphatic imine (C=N–C) groups is 1. The molecule has 1 aromatic carbocycles. The molecule has 0 aromatic heterocycles. The third-order valence-corrected chi connectivity index (χ3v) is 6.38. The predicted octanol–water partition coefficient (Wildman–Crippen LogP) is 1.78. The molecule has 1 fully saturated rings. The van der Waals surface area contributed by atoms with Gasteiger partial charge in [-0.15, -0.1) is 0 Å². The molecule has 0 radical (unpaired) electrons. The largest absolute Gasteiger partial charge is 0.368 e. The van der Waals surface area contributed by atoms with Gasteiger partial charge in [0.15, 0.2) is 15.8 Å². The molecule has 0 spiro atoms. The summed E-state index contributed by atoms with van der Waals surface area (Å²) in [6.45, 7) is 7.53. The van der Waals surface area contributed by atoms with Crippen LogP contribution in [0.15, 0.2) is 23.2 Å². The van der Waals surface area contributed by atoms with Gasteiger partial charge in [0.2, 0.25) is 0 Å². The van der Waals surface area contributed by atoms with E-state index in [1.165, 1.54) is 11.3 Å². The van der Waals surface area contributed by atoms with Crippen LogP contribution in [0.25, 0.3) is 0 Å². The van der Waals surface area contributed by atoms with E-state index < -0.39 is 9.84 Å². The monoisotopic (exact) mass is 386 g/mol. The van der Waals surface area contributed by atoms with Gasteiger partial charge in [-0.3, -0.25) is 4.99 Å². The maximum absolute atomic E-state index is 11.6. The Labute approximate surface area is 155 Å². The summed E-state index contributed by atoms with van der Waals surface area (Å²) in [7, 11) is -1.24. The van der Waals surface area contributed by atoms with Crippen molar-refractivity contribution in [3.05, 3.63) is 28.8 Å². The van der Waals surface area contributed by atoms with Crippen LogP contribution >= 0.6 is 11.6 Å². The molecular formula is C17H27ClN4O2S. The van der Waals surface area contributed by atoms with Crippen LogP contribution in [0.4, 0.5) is 5.69 Å². The Morgan fingerprint density at radius 3 is 2.56 bits per heavy atom. The fourth-order valence-electron chi connectivity index (χ4n) is 2.88. The quantitative estimate of drug-likeness (QED) is 0.617. The molecule has 1 aliphatic heterocycles. The Balaban J connectivity index is 1.90. The van der Waals surface area contributed by atoms with E-state index in [0.29, 0.717) is 6.54 Å². The number of halogens is 1. The SMILES string of the molecule is CCS(=O)(=O)CCNC(=NC)N1CCN(c2cc(Cl)ccc2C)CC1. The lowest BCUT2D eigenvalue weighted by Crippen LogP contribution is -2.53. The zero-order valence-corrected chi connectivity index (χ0v) is 16.7. The highest BCUT2D eigenvalue weighted by Crippen LogP contribution is 2.25. The number of guanidine groups is 1. The van der Waals surface area contributed by atoms with Crippen molar-refractivity contribution in [2.75, 3.05) is 56.2 Å². The highest BCUT2D eigenvalue weighted by atomic mass is 35.5. The minimum Gasteiger partial charge on any atom is -0.368 e. The molecule has 0 atom stereocenters. The summed E-state index contributed by atoms with van der Waals surface area (Å²) in [4.78, 5) is 8.77. The van der Waals surface area contributed by atoms with E-state index in [2.05, 4.69) is 27.0 Å². The van der Waals surface area contributed by atoms with Crippen molar-refractivity contribution in [3.63, 3.8) is 0 Å². The van der Waals surface area contributed by atoms with Crippen molar-refractivity contribution in [1.82, 2.24) is 10.2 Å².